The van der Waals surface area contributed by atoms with Gasteiger partial charge in [-0.05, 0) is 12.5 Å². The summed E-state index contributed by atoms with van der Waals surface area (Å²) in [6.45, 7) is 6.17. The standard InChI is InChI=1S/C14H17N3/c1-9(2)14-16-8-12(13(15)17-14)11-6-4-10(3)5-7-11/h4-9H,1-3H3,(H2,15,16,17). The van der Waals surface area contributed by atoms with Crippen LogP contribution in [0.2, 0.25) is 0 Å². The summed E-state index contributed by atoms with van der Waals surface area (Å²) in [6, 6.07) is 8.20. The second-order valence-corrected chi connectivity index (χ2v) is 4.55. The van der Waals surface area contributed by atoms with Gasteiger partial charge in [-0.1, -0.05) is 43.7 Å². The highest BCUT2D eigenvalue weighted by Gasteiger charge is 2.08. The van der Waals surface area contributed by atoms with E-state index in [-0.39, 0.29) is 0 Å². The zero-order valence-electron chi connectivity index (χ0n) is 10.4. The maximum atomic E-state index is 5.98. The van der Waals surface area contributed by atoms with Crippen molar-refractivity contribution in [3.63, 3.8) is 0 Å². The SMILES string of the molecule is Cc1ccc(-c2cnc(C(C)C)nc2N)cc1. The van der Waals surface area contributed by atoms with Crippen LogP contribution in [0.3, 0.4) is 0 Å². The highest BCUT2D eigenvalue weighted by Crippen LogP contribution is 2.25. The lowest BCUT2D eigenvalue weighted by Crippen LogP contribution is -2.02. The second-order valence-electron chi connectivity index (χ2n) is 4.55. The minimum atomic E-state index is 0.296. The lowest BCUT2D eigenvalue weighted by Gasteiger charge is -2.08. The van der Waals surface area contributed by atoms with E-state index in [2.05, 4.69) is 42.9 Å². The van der Waals surface area contributed by atoms with Gasteiger partial charge in [-0.25, -0.2) is 9.97 Å². The van der Waals surface area contributed by atoms with E-state index < -0.39 is 0 Å². The molecule has 1 aromatic heterocycles. The normalized spacial score (nSPS) is 10.8. The van der Waals surface area contributed by atoms with Crippen LogP contribution in [0, 0.1) is 6.92 Å². The molecule has 2 rings (SSSR count). The molecule has 0 saturated carbocycles. The second kappa shape index (κ2) is 4.53. The molecule has 88 valence electrons. The molecule has 1 heterocycles. The molecule has 0 spiro atoms. The number of hydrogen-bond donors (Lipinski definition) is 1. The van der Waals surface area contributed by atoms with Crippen LogP contribution in [-0.4, -0.2) is 9.97 Å². The van der Waals surface area contributed by atoms with Crippen molar-refractivity contribution >= 4 is 5.82 Å². The molecular formula is C14H17N3. The Labute approximate surface area is 102 Å². The smallest absolute Gasteiger partial charge is 0.135 e. The van der Waals surface area contributed by atoms with Gasteiger partial charge in [0.25, 0.3) is 0 Å². The van der Waals surface area contributed by atoms with Crippen molar-refractivity contribution in [2.24, 2.45) is 0 Å². The lowest BCUT2D eigenvalue weighted by molar-refractivity contribution is 0.777. The van der Waals surface area contributed by atoms with Gasteiger partial charge in [0, 0.05) is 17.7 Å². The molecule has 2 aromatic rings. The third-order valence-electron chi connectivity index (χ3n) is 2.72. The quantitative estimate of drug-likeness (QED) is 0.857. The van der Waals surface area contributed by atoms with Gasteiger partial charge in [0.2, 0.25) is 0 Å². The van der Waals surface area contributed by atoms with Crippen LogP contribution in [0.5, 0.6) is 0 Å². The van der Waals surface area contributed by atoms with Crippen molar-refractivity contribution in [3.05, 3.63) is 41.9 Å². The maximum Gasteiger partial charge on any atom is 0.135 e. The van der Waals surface area contributed by atoms with Crippen molar-refractivity contribution in [2.75, 3.05) is 5.73 Å². The van der Waals surface area contributed by atoms with E-state index in [0.717, 1.165) is 17.0 Å². The number of aryl methyl sites for hydroxylation is 1. The Morgan fingerprint density at radius 3 is 2.29 bits per heavy atom. The average Bonchev–Trinajstić information content (AvgIpc) is 2.30. The fraction of sp³-hybridized carbons (Fsp3) is 0.286. The average molecular weight is 227 g/mol. The first-order valence-corrected chi connectivity index (χ1v) is 5.77. The molecule has 2 N–H and O–H groups in total. The lowest BCUT2D eigenvalue weighted by atomic mass is 10.1. The summed E-state index contributed by atoms with van der Waals surface area (Å²) in [5.41, 5.74) is 9.16. The molecule has 0 atom stereocenters. The van der Waals surface area contributed by atoms with Crippen molar-refractivity contribution in [1.82, 2.24) is 9.97 Å². The number of nitrogens with two attached hydrogens (primary N) is 1. The van der Waals surface area contributed by atoms with Crippen LogP contribution in [-0.2, 0) is 0 Å². The third-order valence-corrected chi connectivity index (χ3v) is 2.72. The van der Waals surface area contributed by atoms with E-state index in [1.807, 2.05) is 18.3 Å². The first-order chi connectivity index (χ1) is 8.08. The molecular weight excluding hydrogens is 210 g/mol. The molecule has 3 nitrogen and oxygen atoms in total. The van der Waals surface area contributed by atoms with Crippen LogP contribution >= 0.6 is 0 Å². The molecule has 1 aromatic carbocycles. The van der Waals surface area contributed by atoms with Gasteiger partial charge >= 0.3 is 0 Å². The van der Waals surface area contributed by atoms with Gasteiger partial charge in [0.15, 0.2) is 0 Å². The summed E-state index contributed by atoms with van der Waals surface area (Å²) in [7, 11) is 0. The first kappa shape index (κ1) is 11.6. The topological polar surface area (TPSA) is 51.8 Å². The van der Waals surface area contributed by atoms with E-state index in [0.29, 0.717) is 11.7 Å². The third kappa shape index (κ3) is 2.44. The minimum Gasteiger partial charge on any atom is -0.383 e. The number of anilines is 1. The molecule has 3 heteroatoms. The number of nitrogens with zero attached hydrogens (tertiary/aromatic N) is 2. The Balaban J connectivity index is 2.43. The highest BCUT2D eigenvalue weighted by atomic mass is 14.9. The van der Waals surface area contributed by atoms with Gasteiger partial charge in [-0.15, -0.1) is 0 Å². The zero-order chi connectivity index (χ0) is 12.4. The zero-order valence-corrected chi connectivity index (χ0v) is 10.4. The molecule has 0 unspecified atom stereocenters. The molecule has 0 fully saturated rings. The molecule has 17 heavy (non-hydrogen) atoms. The molecule has 0 radical (unpaired) electrons. The van der Waals surface area contributed by atoms with Crippen molar-refractivity contribution in [1.29, 1.82) is 0 Å². The van der Waals surface area contributed by atoms with E-state index in [1.165, 1.54) is 5.56 Å². The predicted molar refractivity (Wildman–Crippen MR) is 70.7 cm³/mol. The van der Waals surface area contributed by atoms with Gasteiger partial charge in [0.05, 0.1) is 0 Å². The van der Waals surface area contributed by atoms with E-state index >= 15 is 0 Å². The Morgan fingerprint density at radius 1 is 1.12 bits per heavy atom. The minimum absolute atomic E-state index is 0.296. The Bertz CT molecular complexity index is 515. The fourth-order valence-corrected chi connectivity index (χ4v) is 1.64. The first-order valence-electron chi connectivity index (χ1n) is 5.77. The summed E-state index contributed by atoms with van der Waals surface area (Å²) in [4.78, 5) is 8.68. The summed E-state index contributed by atoms with van der Waals surface area (Å²) >= 11 is 0. The van der Waals surface area contributed by atoms with E-state index in [9.17, 15) is 0 Å². The van der Waals surface area contributed by atoms with Crippen molar-refractivity contribution in [3.8, 4) is 11.1 Å². The Kier molecular flexibility index (Phi) is 3.09. The monoisotopic (exact) mass is 227 g/mol. The molecule has 0 aliphatic rings. The maximum absolute atomic E-state index is 5.98. The van der Waals surface area contributed by atoms with E-state index in [4.69, 9.17) is 5.73 Å². The number of benzene rings is 1. The number of nitrogen functional groups attached to an aromatic ring is 1. The molecule has 0 aliphatic carbocycles. The summed E-state index contributed by atoms with van der Waals surface area (Å²) < 4.78 is 0. The summed E-state index contributed by atoms with van der Waals surface area (Å²) in [6.07, 6.45) is 1.81. The van der Waals surface area contributed by atoms with Crippen LogP contribution in [0.15, 0.2) is 30.5 Å². The van der Waals surface area contributed by atoms with Crippen molar-refractivity contribution < 1.29 is 0 Å². The number of hydrogen-bond acceptors (Lipinski definition) is 3. The van der Waals surface area contributed by atoms with E-state index in [1.54, 1.807) is 0 Å². The number of aromatic nitrogens is 2. The Hall–Kier alpha value is -1.90. The van der Waals surface area contributed by atoms with Gasteiger partial charge in [-0.3, -0.25) is 0 Å². The van der Waals surface area contributed by atoms with Gasteiger partial charge < -0.3 is 5.73 Å². The highest BCUT2D eigenvalue weighted by molar-refractivity contribution is 5.72. The van der Waals surface area contributed by atoms with Crippen molar-refractivity contribution in [2.45, 2.75) is 26.7 Å². The largest absolute Gasteiger partial charge is 0.383 e. The summed E-state index contributed by atoms with van der Waals surface area (Å²) in [5, 5.41) is 0. The molecule has 0 aliphatic heterocycles. The summed E-state index contributed by atoms with van der Waals surface area (Å²) in [5.74, 6) is 1.63. The Morgan fingerprint density at radius 2 is 1.76 bits per heavy atom. The number of rotatable bonds is 2. The molecule has 0 amide bonds. The van der Waals surface area contributed by atoms with Crippen LogP contribution < -0.4 is 5.73 Å². The van der Waals surface area contributed by atoms with Crippen LogP contribution in [0.25, 0.3) is 11.1 Å². The fourth-order valence-electron chi connectivity index (χ4n) is 1.64. The predicted octanol–water partition coefficient (Wildman–Crippen LogP) is 3.16. The van der Waals surface area contributed by atoms with Gasteiger partial charge in [0.1, 0.15) is 11.6 Å². The van der Waals surface area contributed by atoms with Gasteiger partial charge in [-0.2, -0.15) is 0 Å². The molecule has 0 saturated heterocycles. The van der Waals surface area contributed by atoms with Crippen LogP contribution in [0.4, 0.5) is 5.82 Å². The molecule has 0 bridgehead atoms. The van der Waals surface area contributed by atoms with Crippen LogP contribution in [0.1, 0.15) is 31.2 Å².